The van der Waals surface area contributed by atoms with Crippen LogP contribution in [0.2, 0.25) is 0 Å². The average molecular weight is 423 g/mol. The fraction of sp³-hybridized carbons (Fsp3) is 0.273. The molecule has 2 aromatic rings. The third-order valence-electron chi connectivity index (χ3n) is 4.96. The fourth-order valence-electron chi connectivity index (χ4n) is 3.32. The molecular weight excluding hydrogens is 400 g/mol. The van der Waals surface area contributed by atoms with E-state index in [2.05, 4.69) is 26.9 Å². The van der Waals surface area contributed by atoms with Gasteiger partial charge in [0.15, 0.2) is 0 Å². The largest absolute Gasteiger partial charge is 0.371 e. The summed E-state index contributed by atoms with van der Waals surface area (Å²) in [5.74, 6) is 1.91. The van der Waals surface area contributed by atoms with Crippen LogP contribution in [0, 0.1) is 23.7 Å². The molecule has 1 aliphatic heterocycles. The third-order valence-corrected chi connectivity index (χ3v) is 6.36. The first-order valence-corrected chi connectivity index (χ1v) is 11.0. The Morgan fingerprint density at radius 1 is 1.17 bits per heavy atom. The molecular formula is C22H22N4O3S. The molecule has 0 bridgehead atoms. The molecule has 1 amide bonds. The molecule has 0 spiro atoms. The summed E-state index contributed by atoms with van der Waals surface area (Å²) < 4.78 is 26.7. The number of carbonyl (C=O) groups is 1. The lowest BCUT2D eigenvalue weighted by Gasteiger charge is -2.34. The Hall–Kier alpha value is -3.33. The lowest BCUT2D eigenvalue weighted by atomic mass is 10.0. The number of benzene rings is 2. The predicted octanol–water partition coefficient (Wildman–Crippen LogP) is 1.87. The van der Waals surface area contributed by atoms with Gasteiger partial charge in [0, 0.05) is 30.4 Å². The van der Waals surface area contributed by atoms with Gasteiger partial charge in [-0.05, 0) is 55.3 Å². The third kappa shape index (κ3) is 5.18. The SMILES string of the molecule is C#CCNS(=O)(=O)c1cccc(C(=O)NC2CCN(c3ccc(C#N)cc3)CC2)c1. The number of nitriles is 1. The van der Waals surface area contributed by atoms with Crippen molar-refractivity contribution < 1.29 is 13.2 Å². The van der Waals surface area contributed by atoms with E-state index in [0.29, 0.717) is 5.56 Å². The number of carbonyl (C=O) groups excluding carboxylic acids is 1. The van der Waals surface area contributed by atoms with Gasteiger partial charge >= 0.3 is 0 Å². The number of hydrogen-bond acceptors (Lipinski definition) is 5. The Bertz CT molecular complexity index is 1090. The van der Waals surface area contributed by atoms with Gasteiger partial charge in [0.1, 0.15) is 0 Å². The van der Waals surface area contributed by atoms with Crippen LogP contribution in [0.5, 0.6) is 0 Å². The monoisotopic (exact) mass is 422 g/mol. The summed E-state index contributed by atoms with van der Waals surface area (Å²) in [6.45, 7) is 1.44. The van der Waals surface area contributed by atoms with Crippen molar-refractivity contribution in [2.24, 2.45) is 0 Å². The van der Waals surface area contributed by atoms with Crippen LogP contribution in [0.3, 0.4) is 0 Å². The van der Waals surface area contributed by atoms with Crippen LogP contribution in [0.4, 0.5) is 5.69 Å². The summed E-state index contributed by atoms with van der Waals surface area (Å²) in [6.07, 6.45) is 6.64. The van der Waals surface area contributed by atoms with Crippen LogP contribution < -0.4 is 14.9 Å². The molecule has 154 valence electrons. The highest BCUT2D eigenvalue weighted by Gasteiger charge is 2.22. The van der Waals surface area contributed by atoms with Crippen molar-refractivity contribution in [1.82, 2.24) is 10.0 Å². The van der Waals surface area contributed by atoms with Crippen molar-refractivity contribution in [2.75, 3.05) is 24.5 Å². The minimum Gasteiger partial charge on any atom is -0.371 e. The number of hydrogen-bond donors (Lipinski definition) is 2. The molecule has 0 radical (unpaired) electrons. The summed E-state index contributed by atoms with van der Waals surface area (Å²) in [7, 11) is -3.75. The van der Waals surface area contributed by atoms with E-state index in [1.807, 2.05) is 12.1 Å². The molecule has 0 unspecified atom stereocenters. The molecule has 7 nitrogen and oxygen atoms in total. The first kappa shape index (κ1) is 21.4. The van der Waals surface area contributed by atoms with E-state index < -0.39 is 10.0 Å². The molecule has 1 aliphatic rings. The minimum atomic E-state index is -3.75. The van der Waals surface area contributed by atoms with E-state index in [1.54, 1.807) is 18.2 Å². The molecule has 8 heteroatoms. The van der Waals surface area contributed by atoms with E-state index in [4.69, 9.17) is 11.7 Å². The summed E-state index contributed by atoms with van der Waals surface area (Å²) in [5.41, 5.74) is 1.96. The molecule has 0 atom stereocenters. The van der Waals surface area contributed by atoms with Crippen LogP contribution >= 0.6 is 0 Å². The van der Waals surface area contributed by atoms with Crippen molar-refractivity contribution in [2.45, 2.75) is 23.8 Å². The number of piperidine rings is 1. The van der Waals surface area contributed by atoms with Crippen LogP contribution in [0.1, 0.15) is 28.8 Å². The smallest absolute Gasteiger partial charge is 0.251 e. The van der Waals surface area contributed by atoms with Crippen molar-refractivity contribution in [3.8, 4) is 18.4 Å². The number of sulfonamides is 1. The second kappa shape index (κ2) is 9.45. The van der Waals surface area contributed by atoms with Crippen LogP contribution in [-0.2, 0) is 10.0 Å². The average Bonchev–Trinajstić information content (AvgIpc) is 2.78. The van der Waals surface area contributed by atoms with Gasteiger partial charge in [0.25, 0.3) is 5.91 Å². The molecule has 1 fully saturated rings. The first-order chi connectivity index (χ1) is 14.4. The maximum absolute atomic E-state index is 12.6. The zero-order valence-electron chi connectivity index (χ0n) is 16.3. The minimum absolute atomic E-state index is 0.000959. The van der Waals surface area contributed by atoms with Crippen molar-refractivity contribution in [3.05, 3.63) is 59.7 Å². The summed E-state index contributed by atoms with van der Waals surface area (Å²) in [4.78, 5) is 14.8. The molecule has 30 heavy (non-hydrogen) atoms. The molecule has 1 heterocycles. The highest BCUT2D eigenvalue weighted by Crippen LogP contribution is 2.21. The maximum Gasteiger partial charge on any atom is 0.251 e. The molecule has 0 saturated carbocycles. The molecule has 1 saturated heterocycles. The topological polar surface area (TPSA) is 102 Å². The number of nitrogens with one attached hydrogen (secondary N) is 2. The Morgan fingerprint density at radius 3 is 2.50 bits per heavy atom. The lowest BCUT2D eigenvalue weighted by Crippen LogP contribution is -2.44. The molecule has 2 N–H and O–H groups in total. The van der Waals surface area contributed by atoms with Crippen LogP contribution in [0.25, 0.3) is 0 Å². The second-order valence-electron chi connectivity index (χ2n) is 6.95. The van der Waals surface area contributed by atoms with Gasteiger partial charge in [-0.2, -0.15) is 9.98 Å². The van der Waals surface area contributed by atoms with E-state index in [0.717, 1.165) is 31.6 Å². The lowest BCUT2D eigenvalue weighted by molar-refractivity contribution is 0.0931. The molecule has 2 aromatic carbocycles. The van der Waals surface area contributed by atoms with Crippen LogP contribution in [0.15, 0.2) is 53.4 Å². The summed E-state index contributed by atoms with van der Waals surface area (Å²) in [6, 6.07) is 15.4. The Morgan fingerprint density at radius 2 is 1.87 bits per heavy atom. The van der Waals surface area contributed by atoms with Crippen molar-refractivity contribution in [3.63, 3.8) is 0 Å². The van der Waals surface area contributed by atoms with Crippen LogP contribution in [-0.4, -0.2) is 40.0 Å². The molecule has 0 aliphatic carbocycles. The Labute approximate surface area is 176 Å². The number of anilines is 1. The normalized spacial score (nSPS) is 14.5. The number of rotatable bonds is 6. The second-order valence-corrected chi connectivity index (χ2v) is 8.72. The number of amides is 1. The number of nitrogens with zero attached hydrogens (tertiary/aromatic N) is 2. The highest BCUT2D eigenvalue weighted by atomic mass is 32.2. The zero-order valence-corrected chi connectivity index (χ0v) is 17.2. The van der Waals surface area contributed by atoms with E-state index in [9.17, 15) is 13.2 Å². The van der Waals surface area contributed by atoms with Gasteiger partial charge < -0.3 is 10.2 Å². The summed E-state index contributed by atoms with van der Waals surface area (Å²) in [5, 5.41) is 11.9. The Balaban J connectivity index is 1.59. The first-order valence-electron chi connectivity index (χ1n) is 9.52. The highest BCUT2D eigenvalue weighted by molar-refractivity contribution is 7.89. The quantitative estimate of drug-likeness (QED) is 0.692. The predicted molar refractivity (Wildman–Crippen MR) is 114 cm³/mol. The number of terminal acetylenes is 1. The van der Waals surface area contributed by atoms with Crippen molar-refractivity contribution in [1.29, 1.82) is 5.26 Å². The van der Waals surface area contributed by atoms with E-state index in [1.165, 1.54) is 18.2 Å². The van der Waals surface area contributed by atoms with Gasteiger partial charge in [0.05, 0.1) is 23.1 Å². The van der Waals surface area contributed by atoms with Gasteiger partial charge in [0.2, 0.25) is 10.0 Å². The van der Waals surface area contributed by atoms with Gasteiger partial charge in [-0.3, -0.25) is 4.79 Å². The summed E-state index contributed by atoms with van der Waals surface area (Å²) >= 11 is 0. The Kier molecular flexibility index (Phi) is 6.73. The van der Waals surface area contributed by atoms with E-state index in [-0.39, 0.29) is 29.0 Å². The fourth-order valence-corrected chi connectivity index (χ4v) is 4.30. The maximum atomic E-state index is 12.6. The van der Waals surface area contributed by atoms with Crippen molar-refractivity contribution >= 4 is 21.6 Å². The van der Waals surface area contributed by atoms with Gasteiger partial charge in [-0.25, -0.2) is 8.42 Å². The zero-order chi connectivity index (χ0) is 21.6. The van der Waals surface area contributed by atoms with E-state index >= 15 is 0 Å². The standard InChI is InChI=1S/C22H22N4O3S/c1-2-12-24-30(28,29)21-5-3-4-18(15-21)22(27)25-19-10-13-26(14-11-19)20-8-6-17(16-23)7-9-20/h1,3-9,15,19,24H,10-14H2,(H,25,27). The molecule has 0 aromatic heterocycles. The van der Waals surface area contributed by atoms with Gasteiger partial charge in [-0.15, -0.1) is 6.42 Å². The van der Waals surface area contributed by atoms with Gasteiger partial charge in [-0.1, -0.05) is 12.0 Å². The molecule has 3 rings (SSSR count).